The Hall–Kier alpha value is -2.46. The molecule has 114 valence electrons. The molecule has 0 aliphatic heterocycles. The van der Waals surface area contributed by atoms with Crippen molar-refractivity contribution in [2.45, 2.75) is 19.6 Å². The second-order valence-corrected chi connectivity index (χ2v) is 4.05. The molecule has 0 aliphatic rings. The topological polar surface area (TPSA) is 87.7 Å². The number of halogens is 3. The van der Waals surface area contributed by atoms with Crippen LogP contribution in [0.3, 0.4) is 0 Å². The maximum Gasteiger partial charge on any atom is 0.435 e. The molecule has 8 nitrogen and oxygen atoms in total. The van der Waals surface area contributed by atoms with E-state index in [-0.39, 0.29) is 18.8 Å². The van der Waals surface area contributed by atoms with Crippen LogP contribution in [0, 0.1) is 0 Å². The first-order chi connectivity index (χ1) is 9.82. The fraction of sp³-hybridized carbons (Fsp3) is 0.500. The fourth-order valence-electron chi connectivity index (χ4n) is 1.66. The van der Waals surface area contributed by atoms with Crippen molar-refractivity contribution in [1.29, 1.82) is 0 Å². The Labute approximate surface area is 116 Å². The number of alkyl halides is 3. The molecule has 0 saturated heterocycles. The van der Waals surface area contributed by atoms with Gasteiger partial charge < -0.3 is 4.74 Å². The molecule has 0 spiro atoms. The molecule has 0 N–H and O–H groups in total. The Morgan fingerprint density at radius 1 is 1.33 bits per heavy atom. The first-order valence-electron chi connectivity index (χ1n) is 5.86. The summed E-state index contributed by atoms with van der Waals surface area (Å²) in [5.41, 5.74) is -1.89. The summed E-state index contributed by atoms with van der Waals surface area (Å²) >= 11 is 0. The van der Waals surface area contributed by atoms with Gasteiger partial charge >= 0.3 is 12.1 Å². The van der Waals surface area contributed by atoms with Gasteiger partial charge in [0, 0.05) is 13.2 Å². The van der Waals surface area contributed by atoms with Gasteiger partial charge in [-0.15, -0.1) is 10.2 Å². The van der Waals surface area contributed by atoms with Crippen molar-refractivity contribution in [2.24, 2.45) is 7.05 Å². The maximum absolute atomic E-state index is 13.1. The Bertz CT molecular complexity index is 648. The van der Waals surface area contributed by atoms with Crippen molar-refractivity contribution < 1.29 is 22.7 Å². The van der Waals surface area contributed by atoms with Gasteiger partial charge in [0.25, 0.3) is 0 Å². The highest BCUT2D eigenvalue weighted by Crippen LogP contribution is 2.31. The number of esters is 1. The van der Waals surface area contributed by atoms with E-state index < -0.39 is 23.5 Å². The van der Waals surface area contributed by atoms with Crippen LogP contribution in [0.5, 0.6) is 0 Å². The molecule has 2 heterocycles. The summed E-state index contributed by atoms with van der Waals surface area (Å²) in [6.45, 7) is 1.11. The lowest BCUT2D eigenvalue weighted by molar-refractivity contribution is -0.144. The zero-order valence-corrected chi connectivity index (χ0v) is 11.1. The van der Waals surface area contributed by atoms with Gasteiger partial charge in [-0.1, -0.05) is 10.4 Å². The second kappa shape index (κ2) is 5.50. The number of carbonyl (C=O) groups excluding carboxylic acids is 1. The van der Waals surface area contributed by atoms with Crippen molar-refractivity contribution in [3.05, 3.63) is 23.3 Å². The third kappa shape index (κ3) is 3.17. The van der Waals surface area contributed by atoms with Crippen LogP contribution in [-0.4, -0.2) is 42.6 Å². The Morgan fingerprint density at radius 3 is 2.57 bits per heavy atom. The fourth-order valence-corrected chi connectivity index (χ4v) is 1.66. The van der Waals surface area contributed by atoms with Crippen molar-refractivity contribution in [1.82, 2.24) is 30.0 Å². The van der Waals surface area contributed by atoms with E-state index >= 15 is 0 Å². The molecule has 0 aromatic carbocycles. The number of rotatable bonds is 4. The summed E-state index contributed by atoms with van der Waals surface area (Å²) in [7, 11) is 1.58. The van der Waals surface area contributed by atoms with Crippen molar-refractivity contribution in [3.8, 4) is 0 Å². The number of aromatic nitrogens is 6. The molecule has 11 heteroatoms. The van der Waals surface area contributed by atoms with Crippen LogP contribution in [0.25, 0.3) is 0 Å². The minimum Gasteiger partial charge on any atom is -0.461 e. The molecule has 2 aromatic heterocycles. The van der Waals surface area contributed by atoms with Crippen LogP contribution in [0.4, 0.5) is 13.2 Å². The molecule has 0 fully saturated rings. The zero-order valence-electron chi connectivity index (χ0n) is 11.1. The van der Waals surface area contributed by atoms with Crippen LogP contribution in [0.2, 0.25) is 0 Å². The highest BCUT2D eigenvalue weighted by molar-refractivity contribution is 5.88. The van der Waals surface area contributed by atoms with Gasteiger partial charge in [-0.2, -0.15) is 13.2 Å². The third-order valence-electron chi connectivity index (χ3n) is 2.43. The molecular weight excluding hydrogens is 293 g/mol. The minimum absolute atomic E-state index is 0.0623. The molecule has 21 heavy (non-hydrogen) atoms. The smallest absolute Gasteiger partial charge is 0.435 e. The maximum atomic E-state index is 13.1. The lowest BCUT2D eigenvalue weighted by Gasteiger charge is -2.09. The van der Waals surface area contributed by atoms with Crippen molar-refractivity contribution >= 4 is 5.97 Å². The molecule has 2 rings (SSSR count). The van der Waals surface area contributed by atoms with E-state index in [1.165, 1.54) is 17.8 Å². The highest BCUT2D eigenvalue weighted by atomic mass is 19.4. The Morgan fingerprint density at radius 2 is 2.05 bits per heavy atom. The summed E-state index contributed by atoms with van der Waals surface area (Å²) in [6.07, 6.45) is -3.36. The second-order valence-electron chi connectivity index (χ2n) is 4.05. The first kappa shape index (κ1) is 14.9. The summed E-state index contributed by atoms with van der Waals surface area (Å²) < 4.78 is 45.7. The van der Waals surface area contributed by atoms with Gasteiger partial charge in [-0.3, -0.25) is 4.68 Å². The van der Waals surface area contributed by atoms with Crippen LogP contribution in [0.15, 0.2) is 6.20 Å². The third-order valence-corrected chi connectivity index (χ3v) is 2.43. The zero-order chi connectivity index (χ0) is 15.6. The van der Waals surface area contributed by atoms with E-state index in [0.29, 0.717) is 4.68 Å². The quantitative estimate of drug-likeness (QED) is 0.771. The van der Waals surface area contributed by atoms with Crippen LogP contribution < -0.4 is 0 Å². The normalized spacial score (nSPS) is 11.7. The molecule has 2 aromatic rings. The predicted molar refractivity (Wildman–Crippen MR) is 61.1 cm³/mol. The van der Waals surface area contributed by atoms with Crippen molar-refractivity contribution in [3.63, 3.8) is 0 Å². The molecule has 0 bridgehead atoms. The lowest BCUT2D eigenvalue weighted by atomic mass is 10.3. The van der Waals surface area contributed by atoms with E-state index in [1.807, 2.05) is 0 Å². The van der Waals surface area contributed by atoms with E-state index in [2.05, 4.69) is 25.4 Å². The Kier molecular flexibility index (Phi) is 3.91. The van der Waals surface area contributed by atoms with Crippen LogP contribution in [0.1, 0.15) is 28.8 Å². The monoisotopic (exact) mass is 304 g/mol. The predicted octanol–water partition coefficient (Wildman–Crippen LogP) is 0.650. The van der Waals surface area contributed by atoms with Gasteiger partial charge in [0.1, 0.15) is 5.69 Å². The number of ether oxygens (including phenoxy) is 1. The van der Waals surface area contributed by atoms with Crippen LogP contribution in [-0.2, 0) is 24.5 Å². The molecular formula is C10H11F3N6O2. The largest absolute Gasteiger partial charge is 0.461 e. The highest BCUT2D eigenvalue weighted by Gasteiger charge is 2.42. The van der Waals surface area contributed by atoms with Gasteiger partial charge in [0.15, 0.2) is 5.69 Å². The summed E-state index contributed by atoms with van der Waals surface area (Å²) in [6, 6.07) is 0. The lowest BCUT2D eigenvalue weighted by Crippen LogP contribution is -2.20. The summed E-state index contributed by atoms with van der Waals surface area (Å²) in [5.74, 6) is -1.17. The number of hydrogen-bond acceptors (Lipinski definition) is 6. The average molecular weight is 304 g/mol. The van der Waals surface area contributed by atoms with Gasteiger partial charge in [-0.05, 0) is 6.92 Å². The van der Waals surface area contributed by atoms with E-state index in [4.69, 9.17) is 0 Å². The average Bonchev–Trinajstić information content (AvgIpc) is 2.96. The van der Waals surface area contributed by atoms with Crippen molar-refractivity contribution in [2.75, 3.05) is 6.61 Å². The molecule has 0 unspecified atom stereocenters. The van der Waals surface area contributed by atoms with Gasteiger partial charge in [0.05, 0.1) is 13.2 Å². The van der Waals surface area contributed by atoms with E-state index in [9.17, 15) is 18.0 Å². The van der Waals surface area contributed by atoms with Crippen LogP contribution >= 0.6 is 0 Å². The molecule has 0 saturated carbocycles. The molecule has 0 radical (unpaired) electrons. The molecule has 0 amide bonds. The minimum atomic E-state index is -4.80. The number of aryl methyl sites for hydroxylation is 1. The SMILES string of the molecule is CCOC(=O)c1nnn(Cc2cn(C)nn2)c1C(F)(F)F. The first-order valence-corrected chi connectivity index (χ1v) is 5.86. The van der Waals surface area contributed by atoms with Gasteiger partial charge in [0.2, 0.25) is 5.69 Å². The standard InChI is InChI=1S/C10H11F3N6O2/c1-3-21-9(20)7-8(10(11,12)13)19(17-15-7)5-6-4-18(2)16-14-6/h4H,3,5H2,1-2H3. The summed E-state index contributed by atoms with van der Waals surface area (Å²) in [5, 5.41) is 13.9. The van der Waals surface area contributed by atoms with Gasteiger partial charge in [-0.25, -0.2) is 9.48 Å². The number of carbonyl (C=O) groups is 1. The Balaban J connectivity index is 2.39. The van der Waals surface area contributed by atoms with E-state index in [1.54, 1.807) is 7.05 Å². The number of nitrogens with zero attached hydrogens (tertiary/aromatic N) is 6. The van der Waals surface area contributed by atoms with E-state index in [0.717, 1.165) is 0 Å². The molecule has 0 atom stereocenters. The number of hydrogen-bond donors (Lipinski definition) is 0. The summed E-state index contributed by atoms with van der Waals surface area (Å²) in [4.78, 5) is 11.5. The molecule has 0 aliphatic carbocycles.